The second kappa shape index (κ2) is 6.09. The van der Waals surface area contributed by atoms with Crippen LogP contribution in [-0.2, 0) is 0 Å². The number of anilines is 2. The van der Waals surface area contributed by atoms with Gasteiger partial charge in [0.25, 0.3) is 0 Å². The molecule has 1 rings (SSSR count). The van der Waals surface area contributed by atoms with E-state index in [1.807, 2.05) is 6.92 Å². The Morgan fingerprint density at radius 2 is 2.19 bits per heavy atom. The Labute approximate surface area is 94.0 Å². The molecule has 7 nitrogen and oxygen atoms in total. The van der Waals surface area contributed by atoms with Crippen molar-refractivity contribution >= 4 is 11.6 Å². The van der Waals surface area contributed by atoms with E-state index in [2.05, 4.69) is 20.7 Å². The maximum atomic E-state index is 8.81. The lowest BCUT2D eigenvalue weighted by Gasteiger charge is -2.16. The van der Waals surface area contributed by atoms with Gasteiger partial charge in [-0.05, 0) is 13.3 Å². The van der Waals surface area contributed by atoms with Gasteiger partial charge >= 0.3 is 0 Å². The van der Waals surface area contributed by atoms with Crippen LogP contribution in [0, 0.1) is 0 Å². The third-order valence-corrected chi connectivity index (χ3v) is 2.09. The minimum Gasteiger partial charge on any atom is -0.490 e. The standard InChI is InChI=1S/C9H17N5O2/c1-6(3-4-15)13-8-7(16-2)9(14-10)12-5-11-8/h5-6,15H,3-4,10H2,1-2H3,(H2,11,12,13,14). The fraction of sp³-hybridized carbons (Fsp3) is 0.556. The van der Waals surface area contributed by atoms with E-state index in [4.69, 9.17) is 15.7 Å². The zero-order valence-electron chi connectivity index (χ0n) is 9.40. The average Bonchev–Trinajstić information content (AvgIpc) is 2.29. The lowest BCUT2D eigenvalue weighted by Crippen LogP contribution is -2.19. The van der Waals surface area contributed by atoms with Gasteiger partial charge in [-0.2, -0.15) is 0 Å². The summed E-state index contributed by atoms with van der Waals surface area (Å²) in [6.07, 6.45) is 2.00. The van der Waals surface area contributed by atoms with Crippen LogP contribution in [0.2, 0.25) is 0 Å². The third kappa shape index (κ3) is 2.94. The molecule has 0 aliphatic rings. The molecule has 90 valence electrons. The molecule has 1 aromatic heterocycles. The van der Waals surface area contributed by atoms with Crippen molar-refractivity contribution in [2.24, 2.45) is 5.84 Å². The van der Waals surface area contributed by atoms with Crippen molar-refractivity contribution < 1.29 is 9.84 Å². The van der Waals surface area contributed by atoms with E-state index < -0.39 is 0 Å². The number of hydrogen-bond acceptors (Lipinski definition) is 7. The van der Waals surface area contributed by atoms with Gasteiger partial charge in [0, 0.05) is 12.6 Å². The van der Waals surface area contributed by atoms with Crippen LogP contribution in [-0.4, -0.2) is 34.8 Å². The molecule has 0 aromatic carbocycles. The molecule has 0 aliphatic carbocycles. The number of nitrogens with two attached hydrogens (primary N) is 1. The molecule has 5 N–H and O–H groups in total. The predicted octanol–water partition coefficient (Wildman–Crippen LogP) is -0.0464. The first-order chi connectivity index (χ1) is 7.72. The summed E-state index contributed by atoms with van der Waals surface area (Å²) in [4.78, 5) is 7.98. The Hall–Kier alpha value is -1.60. The highest BCUT2D eigenvalue weighted by molar-refractivity contribution is 5.63. The Morgan fingerprint density at radius 1 is 1.50 bits per heavy atom. The Kier molecular flexibility index (Phi) is 4.74. The van der Waals surface area contributed by atoms with Gasteiger partial charge < -0.3 is 20.6 Å². The highest BCUT2D eigenvalue weighted by atomic mass is 16.5. The summed E-state index contributed by atoms with van der Waals surface area (Å²) in [6, 6.07) is 0.0828. The molecular formula is C9H17N5O2. The molecule has 0 fully saturated rings. The van der Waals surface area contributed by atoms with Crippen LogP contribution >= 0.6 is 0 Å². The molecule has 0 saturated heterocycles. The number of methoxy groups -OCH3 is 1. The Bertz CT molecular complexity index is 334. The molecule has 1 heterocycles. The largest absolute Gasteiger partial charge is 0.490 e. The number of hydrogen-bond donors (Lipinski definition) is 4. The van der Waals surface area contributed by atoms with Crippen molar-refractivity contribution in [3.63, 3.8) is 0 Å². The highest BCUT2D eigenvalue weighted by Gasteiger charge is 2.12. The molecule has 0 spiro atoms. The van der Waals surface area contributed by atoms with Gasteiger partial charge in [-0.3, -0.25) is 0 Å². The number of ether oxygens (including phenoxy) is 1. The summed E-state index contributed by atoms with van der Waals surface area (Å²) >= 11 is 0. The summed E-state index contributed by atoms with van der Waals surface area (Å²) in [5.41, 5.74) is 2.43. The third-order valence-electron chi connectivity index (χ3n) is 2.09. The number of nitrogen functional groups attached to an aromatic ring is 1. The van der Waals surface area contributed by atoms with Crippen LogP contribution in [0.5, 0.6) is 5.75 Å². The van der Waals surface area contributed by atoms with Crippen molar-refractivity contribution in [3.8, 4) is 5.75 Å². The van der Waals surface area contributed by atoms with Crippen LogP contribution in [0.3, 0.4) is 0 Å². The molecule has 0 aliphatic heterocycles. The van der Waals surface area contributed by atoms with Crippen molar-refractivity contribution in [1.29, 1.82) is 0 Å². The van der Waals surface area contributed by atoms with E-state index in [-0.39, 0.29) is 12.6 Å². The summed E-state index contributed by atoms with van der Waals surface area (Å²) < 4.78 is 5.15. The minimum absolute atomic E-state index is 0.0828. The van der Waals surface area contributed by atoms with Gasteiger partial charge in [-0.25, -0.2) is 15.8 Å². The zero-order chi connectivity index (χ0) is 12.0. The summed E-state index contributed by atoms with van der Waals surface area (Å²) in [6.45, 7) is 2.05. The number of aliphatic hydroxyl groups excluding tert-OH is 1. The number of rotatable bonds is 6. The van der Waals surface area contributed by atoms with E-state index >= 15 is 0 Å². The predicted molar refractivity (Wildman–Crippen MR) is 61.2 cm³/mol. The maximum absolute atomic E-state index is 8.81. The number of aliphatic hydroxyl groups is 1. The number of nitrogens with zero attached hydrogens (tertiary/aromatic N) is 2. The Balaban J connectivity index is 2.86. The second-order valence-corrected chi connectivity index (χ2v) is 3.31. The molecule has 16 heavy (non-hydrogen) atoms. The molecule has 0 bridgehead atoms. The second-order valence-electron chi connectivity index (χ2n) is 3.31. The molecule has 0 radical (unpaired) electrons. The minimum atomic E-state index is 0.0828. The average molecular weight is 227 g/mol. The van der Waals surface area contributed by atoms with E-state index in [1.54, 1.807) is 0 Å². The first kappa shape index (κ1) is 12.5. The first-order valence-corrected chi connectivity index (χ1v) is 4.96. The zero-order valence-corrected chi connectivity index (χ0v) is 9.40. The van der Waals surface area contributed by atoms with Crippen molar-refractivity contribution in [2.75, 3.05) is 24.5 Å². The van der Waals surface area contributed by atoms with Gasteiger partial charge in [0.15, 0.2) is 11.6 Å². The number of nitrogens with one attached hydrogen (secondary N) is 2. The van der Waals surface area contributed by atoms with Gasteiger partial charge in [0.1, 0.15) is 6.33 Å². The van der Waals surface area contributed by atoms with Gasteiger partial charge in [0.05, 0.1) is 7.11 Å². The van der Waals surface area contributed by atoms with Gasteiger partial charge in [-0.15, -0.1) is 0 Å². The van der Waals surface area contributed by atoms with Crippen LogP contribution in [0.25, 0.3) is 0 Å². The molecule has 0 saturated carbocycles. The normalized spacial score (nSPS) is 12.0. The van der Waals surface area contributed by atoms with Crippen LogP contribution < -0.4 is 21.3 Å². The number of aromatic nitrogens is 2. The molecule has 1 atom stereocenters. The number of hydrazine groups is 1. The van der Waals surface area contributed by atoms with E-state index in [0.29, 0.717) is 23.8 Å². The van der Waals surface area contributed by atoms with Gasteiger partial charge in [0.2, 0.25) is 5.75 Å². The summed E-state index contributed by atoms with van der Waals surface area (Å²) in [7, 11) is 1.52. The molecule has 7 heteroatoms. The quantitative estimate of drug-likeness (QED) is 0.399. The smallest absolute Gasteiger partial charge is 0.205 e. The maximum Gasteiger partial charge on any atom is 0.205 e. The first-order valence-electron chi connectivity index (χ1n) is 4.96. The van der Waals surface area contributed by atoms with E-state index in [1.165, 1.54) is 13.4 Å². The summed E-state index contributed by atoms with van der Waals surface area (Å²) in [5.74, 6) is 6.71. The molecule has 0 amide bonds. The lowest BCUT2D eigenvalue weighted by atomic mass is 10.2. The van der Waals surface area contributed by atoms with Gasteiger partial charge in [-0.1, -0.05) is 0 Å². The monoisotopic (exact) mass is 227 g/mol. The van der Waals surface area contributed by atoms with Crippen LogP contribution in [0.4, 0.5) is 11.6 Å². The summed E-state index contributed by atoms with van der Waals surface area (Å²) in [5, 5.41) is 11.9. The Morgan fingerprint density at radius 3 is 2.75 bits per heavy atom. The SMILES string of the molecule is COc1c(NN)ncnc1NC(C)CCO. The van der Waals surface area contributed by atoms with Crippen molar-refractivity contribution in [1.82, 2.24) is 9.97 Å². The lowest BCUT2D eigenvalue weighted by molar-refractivity contribution is 0.282. The highest BCUT2D eigenvalue weighted by Crippen LogP contribution is 2.28. The molecule has 1 unspecified atom stereocenters. The fourth-order valence-corrected chi connectivity index (χ4v) is 1.27. The topological polar surface area (TPSA) is 105 Å². The van der Waals surface area contributed by atoms with Crippen LogP contribution in [0.1, 0.15) is 13.3 Å². The van der Waals surface area contributed by atoms with Crippen molar-refractivity contribution in [2.45, 2.75) is 19.4 Å². The van der Waals surface area contributed by atoms with E-state index in [9.17, 15) is 0 Å². The van der Waals surface area contributed by atoms with E-state index in [0.717, 1.165) is 0 Å². The van der Waals surface area contributed by atoms with Crippen LogP contribution in [0.15, 0.2) is 6.33 Å². The molecule has 1 aromatic rings. The van der Waals surface area contributed by atoms with Crippen molar-refractivity contribution in [3.05, 3.63) is 6.33 Å². The fourth-order valence-electron chi connectivity index (χ4n) is 1.27. The molecular weight excluding hydrogens is 210 g/mol.